The van der Waals surface area contributed by atoms with Crippen molar-refractivity contribution >= 4 is 5.97 Å². The Labute approximate surface area is 112 Å². The number of imidazole rings is 1. The first-order chi connectivity index (χ1) is 9.28. The van der Waals surface area contributed by atoms with Crippen LogP contribution < -0.4 is 0 Å². The van der Waals surface area contributed by atoms with E-state index in [9.17, 15) is 4.79 Å². The molecule has 2 aromatic rings. The summed E-state index contributed by atoms with van der Waals surface area (Å²) in [7, 11) is 1.37. The maximum absolute atomic E-state index is 11.4. The van der Waals surface area contributed by atoms with Crippen LogP contribution in [0.2, 0.25) is 0 Å². The third kappa shape index (κ3) is 2.26. The van der Waals surface area contributed by atoms with Gasteiger partial charge in [0.1, 0.15) is 0 Å². The average molecular weight is 256 g/mol. The molecule has 19 heavy (non-hydrogen) atoms. The van der Waals surface area contributed by atoms with E-state index in [1.165, 1.54) is 18.2 Å². The Bertz CT molecular complexity index is 604. The minimum Gasteiger partial charge on any atom is -0.464 e. The Morgan fingerprint density at radius 3 is 2.95 bits per heavy atom. The first kappa shape index (κ1) is 12.0. The van der Waals surface area contributed by atoms with Crippen molar-refractivity contribution in [2.24, 2.45) is 0 Å². The van der Waals surface area contributed by atoms with Crippen LogP contribution in [0, 0.1) is 0 Å². The quantitative estimate of drug-likeness (QED) is 0.775. The summed E-state index contributed by atoms with van der Waals surface area (Å²) < 4.78 is 6.71. The monoisotopic (exact) mass is 256 g/mol. The van der Waals surface area contributed by atoms with Crippen LogP contribution >= 0.6 is 0 Å². The number of carbonyl (C=O) groups excluding carboxylic acids is 1. The molecule has 0 amide bonds. The Morgan fingerprint density at radius 1 is 1.37 bits per heavy atom. The van der Waals surface area contributed by atoms with Crippen molar-refractivity contribution in [1.82, 2.24) is 9.55 Å². The molecule has 0 spiro atoms. The topological polar surface area (TPSA) is 44.1 Å². The highest BCUT2D eigenvalue weighted by Gasteiger charge is 2.20. The molecule has 98 valence electrons. The predicted molar refractivity (Wildman–Crippen MR) is 71.1 cm³/mol. The molecule has 1 atom stereocenters. The van der Waals surface area contributed by atoms with E-state index < -0.39 is 0 Å². The van der Waals surface area contributed by atoms with Crippen molar-refractivity contribution in [1.29, 1.82) is 0 Å². The molecule has 1 aromatic carbocycles. The van der Waals surface area contributed by atoms with E-state index in [0.717, 1.165) is 19.3 Å². The molecule has 1 aliphatic rings. The number of aryl methyl sites for hydroxylation is 1. The van der Waals surface area contributed by atoms with Gasteiger partial charge in [-0.3, -0.25) is 0 Å². The van der Waals surface area contributed by atoms with Gasteiger partial charge in [0.25, 0.3) is 0 Å². The molecule has 0 saturated carbocycles. The van der Waals surface area contributed by atoms with Crippen molar-refractivity contribution in [2.75, 3.05) is 7.11 Å². The molecule has 1 aromatic heterocycles. The predicted octanol–water partition coefficient (Wildman–Crippen LogP) is 2.40. The van der Waals surface area contributed by atoms with Gasteiger partial charge in [0, 0.05) is 12.2 Å². The molecular weight excluding hydrogens is 240 g/mol. The number of ether oxygens (including phenoxy) is 1. The molecule has 0 radical (unpaired) electrons. The highest BCUT2D eigenvalue weighted by molar-refractivity contribution is 5.86. The van der Waals surface area contributed by atoms with Crippen LogP contribution in [0.15, 0.2) is 36.8 Å². The summed E-state index contributed by atoms with van der Waals surface area (Å²) in [6.07, 6.45) is 6.66. The van der Waals surface area contributed by atoms with Crippen molar-refractivity contribution < 1.29 is 9.53 Å². The summed E-state index contributed by atoms with van der Waals surface area (Å²) >= 11 is 0. The zero-order valence-corrected chi connectivity index (χ0v) is 10.9. The van der Waals surface area contributed by atoms with Gasteiger partial charge >= 0.3 is 5.97 Å². The fourth-order valence-corrected chi connectivity index (χ4v) is 2.68. The number of fused-ring (bicyclic) bond motifs is 1. The molecule has 3 rings (SSSR count). The van der Waals surface area contributed by atoms with Crippen LogP contribution in [0.3, 0.4) is 0 Å². The first-order valence-electron chi connectivity index (χ1n) is 6.46. The van der Waals surface area contributed by atoms with Gasteiger partial charge in [0.15, 0.2) is 5.69 Å². The number of aromatic nitrogens is 2. The lowest BCUT2D eigenvalue weighted by atomic mass is 9.88. The molecule has 0 saturated heterocycles. The Morgan fingerprint density at radius 2 is 2.16 bits per heavy atom. The van der Waals surface area contributed by atoms with E-state index in [2.05, 4.69) is 34.0 Å². The second kappa shape index (κ2) is 4.88. The molecule has 4 heteroatoms. The lowest BCUT2D eigenvalue weighted by Crippen LogP contribution is -2.17. The highest BCUT2D eigenvalue weighted by atomic mass is 16.5. The summed E-state index contributed by atoms with van der Waals surface area (Å²) in [5.74, 6) is -0.380. The van der Waals surface area contributed by atoms with Crippen LogP contribution in [0.1, 0.15) is 34.1 Å². The molecule has 0 N–H and O–H groups in total. The van der Waals surface area contributed by atoms with Crippen LogP contribution in [0.5, 0.6) is 0 Å². The minimum atomic E-state index is -0.380. The van der Waals surface area contributed by atoms with Gasteiger partial charge in [-0.15, -0.1) is 0 Å². The second-order valence-electron chi connectivity index (χ2n) is 4.86. The van der Waals surface area contributed by atoms with Crippen LogP contribution in [0.4, 0.5) is 0 Å². The van der Waals surface area contributed by atoms with Gasteiger partial charge in [-0.05, 0) is 30.4 Å². The van der Waals surface area contributed by atoms with E-state index in [1.807, 2.05) is 4.57 Å². The summed E-state index contributed by atoms with van der Waals surface area (Å²) in [5, 5.41) is 0. The molecule has 1 unspecified atom stereocenters. The normalized spacial score (nSPS) is 17.8. The summed E-state index contributed by atoms with van der Waals surface area (Å²) in [6, 6.07) is 8.92. The van der Waals surface area contributed by atoms with E-state index >= 15 is 0 Å². The van der Waals surface area contributed by atoms with Gasteiger partial charge in [0.2, 0.25) is 0 Å². The zero-order valence-electron chi connectivity index (χ0n) is 10.9. The molecule has 0 bridgehead atoms. The SMILES string of the molecule is COC(=O)c1cn(C2CCc3ccccc3C2)cn1. The van der Waals surface area contributed by atoms with Crippen LogP contribution in [0.25, 0.3) is 0 Å². The smallest absolute Gasteiger partial charge is 0.358 e. The second-order valence-corrected chi connectivity index (χ2v) is 4.86. The standard InChI is InChI=1S/C15H16N2O2/c1-19-15(18)14-9-17(10-16-14)13-7-6-11-4-2-3-5-12(11)8-13/h2-5,9-10,13H,6-8H2,1H3. The van der Waals surface area contributed by atoms with Crippen molar-refractivity contribution in [3.05, 3.63) is 53.6 Å². The van der Waals surface area contributed by atoms with Crippen molar-refractivity contribution in [3.8, 4) is 0 Å². The lowest BCUT2D eigenvalue weighted by molar-refractivity contribution is 0.0594. The van der Waals surface area contributed by atoms with Gasteiger partial charge in [-0.25, -0.2) is 9.78 Å². The fourth-order valence-electron chi connectivity index (χ4n) is 2.68. The number of methoxy groups -OCH3 is 1. The number of nitrogens with zero attached hydrogens (tertiary/aromatic N) is 2. The highest BCUT2D eigenvalue weighted by Crippen LogP contribution is 2.28. The van der Waals surface area contributed by atoms with Crippen molar-refractivity contribution in [3.63, 3.8) is 0 Å². The van der Waals surface area contributed by atoms with Crippen LogP contribution in [-0.2, 0) is 17.6 Å². The van der Waals surface area contributed by atoms with Crippen molar-refractivity contribution in [2.45, 2.75) is 25.3 Å². The van der Waals surface area contributed by atoms with Gasteiger partial charge in [-0.1, -0.05) is 24.3 Å². The maximum atomic E-state index is 11.4. The molecule has 0 fully saturated rings. The number of hydrogen-bond donors (Lipinski definition) is 0. The van der Waals surface area contributed by atoms with E-state index in [4.69, 9.17) is 0 Å². The molecule has 4 nitrogen and oxygen atoms in total. The number of esters is 1. The Kier molecular flexibility index (Phi) is 3.07. The van der Waals surface area contributed by atoms with Gasteiger partial charge < -0.3 is 9.30 Å². The third-order valence-corrected chi connectivity index (χ3v) is 3.74. The molecule has 1 heterocycles. The number of benzene rings is 1. The van der Waals surface area contributed by atoms with E-state index in [0.29, 0.717) is 11.7 Å². The fraction of sp³-hybridized carbons (Fsp3) is 0.333. The van der Waals surface area contributed by atoms with Gasteiger partial charge in [0.05, 0.1) is 13.4 Å². The van der Waals surface area contributed by atoms with Gasteiger partial charge in [-0.2, -0.15) is 0 Å². The third-order valence-electron chi connectivity index (χ3n) is 3.74. The molecular formula is C15H16N2O2. The maximum Gasteiger partial charge on any atom is 0.358 e. The van der Waals surface area contributed by atoms with E-state index in [1.54, 1.807) is 12.5 Å². The first-order valence-corrected chi connectivity index (χ1v) is 6.46. The number of rotatable bonds is 2. The number of hydrogen-bond acceptors (Lipinski definition) is 3. The molecule has 0 aliphatic heterocycles. The number of carbonyl (C=O) groups is 1. The average Bonchev–Trinajstić information content (AvgIpc) is 2.95. The zero-order chi connectivity index (χ0) is 13.2. The Hall–Kier alpha value is -2.10. The largest absolute Gasteiger partial charge is 0.464 e. The van der Waals surface area contributed by atoms with E-state index in [-0.39, 0.29) is 5.97 Å². The summed E-state index contributed by atoms with van der Waals surface area (Å²) in [6.45, 7) is 0. The summed E-state index contributed by atoms with van der Waals surface area (Å²) in [4.78, 5) is 15.5. The summed E-state index contributed by atoms with van der Waals surface area (Å²) in [5.41, 5.74) is 3.21. The minimum absolute atomic E-state index is 0.376. The lowest BCUT2D eigenvalue weighted by Gasteiger charge is -2.25. The van der Waals surface area contributed by atoms with Crippen LogP contribution in [-0.4, -0.2) is 22.6 Å². The molecule has 1 aliphatic carbocycles. The Balaban J connectivity index is 1.81.